The maximum Gasteiger partial charge on any atom is 0.0546 e. The lowest BCUT2D eigenvalue weighted by atomic mass is 9.43. The first-order valence-electron chi connectivity index (χ1n) is 39.5. The van der Waals surface area contributed by atoms with Crippen molar-refractivity contribution in [3.8, 4) is 44.5 Å². The summed E-state index contributed by atoms with van der Waals surface area (Å²) in [6.07, 6.45) is 14.3. The average Bonchev–Trinajstić information content (AvgIpc) is 1.49. The molecule has 2 heteroatoms. The smallest absolute Gasteiger partial charge is 0.0546 e. The van der Waals surface area contributed by atoms with Gasteiger partial charge in [-0.2, -0.15) is 0 Å². The van der Waals surface area contributed by atoms with Gasteiger partial charge in [0.15, 0.2) is 0 Å². The van der Waals surface area contributed by atoms with Crippen LogP contribution in [0, 0.1) is 47.3 Å². The van der Waals surface area contributed by atoms with Crippen LogP contribution in [0.1, 0.15) is 86.5 Å². The van der Waals surface area contributed by atoms with E-state index < -0.39 is 0 Å². The van der Waals surface area contributed by atoms with E-state index in [0.717, 1.165) is 75.8 Å². The largest absolute Gasteiger partial charge is 0.310 e. The Kier molecular flexibility index (Phi) is 13.6. The highest BCUT2D eigenvalue weighted by atomic mass is 15.1. The van der Waals surface area contributed by atoms with Crippen LogP contribution in [-0.2, 0) is 10.8 Å². The van der Waals surface area contributed by atoms with E-state index in [2.05, 4.69) is 337 Å². The van der Waals surface area contributed by atoms with Crippen LogP contribution < -0.4 is 9.80 Å². The molecule has 8 bridgehead atoms. The van der Waals surface area contributed by atoms with Gasteiger partial charge in [-0.05, 0) is 316 Å². The van der Waals surface area contributed by atoms with Crippen molar-refractivity contribution < 1.29 is 0 Å². The first-order valence-corrected chi connectivity index (χ1v) is 39.5. The summed E-state index contributed by atoms with van der Waals surface area (Å²) in [5, 5.41) is 15.2. The highest BCUT2D eigenvalue weighted by molar-refractivity contribution is 6.15. The minimum atomic E-state index is 0.213. The molecule has 2 nitrogen and oxygen atoms in total. The van der Waals surface area contributed by atoms with Crippen molar-refractivity contribution in [2.75, 3.05) is 9.80 Å². The second kappa shape index (κ2) is 23.6. The summed E-state index contributed by atoms with van der Waals surface area (Å²) in [6, 6.07) is 124. The molecule has 16 aromatic rings. The van der Waals surface area contributed by atoms with Gasteiger partial charge in [-0.3, -0.25) is 0 Å². The molecule has 0 heterocycles. The molecule has 2 spiro atoms. The Morgan fingerprint density at radius 1 is 0.198 bits per heavy atom. The van der Waals surface area contributed by atoms with Gasteiger partial charge in [-0.1, -0.05) is 249 Å². The van der Waals surface area contributed by atoms with E-state index in [-0.39, 0.29) is 10.8 Å². The van der Waals surface area contributed by atoms with Crippen LogP contribution in [0.4, 0.5) is 34.1 Å². The van der Waals surface area contributed by atoms with Gasteiger partial charge in [0.2, 0.25) is 0 Å². The first-order chi connectivity index (χ1) is 52.4. The number of hydrogen-bond acceptors (Lipinski definition) is 2. The fourth-order valence-corrected chi connectivity index (χ4v) is 24.1. The monoisotopic (exact) mass is 1360 g/mol. The van der Waals surface area contributed by atoms with Crippen LogP contribution in [0.2, 0.25) is 0 Å². The third-order valence-electron chi connectivity index (χ3n) is 28.0. The SMILES string of the molecule is c1ccc2c(c1)-c1cc(-c3ccc(N(c4ccc5ccccc5c4)c4cc5ccccc5c5ccccc45)cc3)ccc1C21C2CC3CC(C2)CC1C3.c1ccc2c(c1)-c1cc(-c3ccc(N(c4ccc5ccccc5c4)c4ccc5c(ccc6ccccc65)c4)cc3)ccc1C21C2CC3CC(C2)CC1C3. The summed E-state index contributed by atoms with van der Waals surface area (Å²) in [5.41, 5.74) is 25.0. The Hall–Kier alpha value is -11.3. The van der Waals surface area contributed by atoms with Crippen LogP contribution in [0.3, 0.4) is 0 Å². The molecule has 0 amide bonds. The molecule has 0 aliphatic heterocycles. The number of hydrogen-bond donors (Lipinski definition) is 0. The Bertz CT molecular complexity index is 6220. The summed E-state index contributed by atoms with van der Waals surface area (Å²) >= 11 is 0. The summed E-state index contributed by atoms with van der Waals surface area (Å²) in [6.45, 7) is 0. The third-order valence-corrected chi connectivity index (χ3v) is 28.0. The molecule has 8 fully saturated rings. The fraction of sp³-hybridized carbons (Fsp3) is 0.192. The molecule has 0 atom stereocenters. The van der Waals surface area contributed by atoms with E-state index in [1.807, 2.05) is 0 Å². The molecule has 106 heavy (non-hydrogen) atoms. The van der Waals surface area contributed by atoms with Crippen molar-refractivity contribution in [3.05, 3.63) is 350 Å². The van der Waals surface area contributed by atoms with Gasteiger partial charge in [0.25, 0.3) is 0 Å². The van der Waals surface area contributed by atoms with Gasteiger partial charge in [0, 0.05) is 44.7 Å². The lowest BCUT2D eigenvalue weighted by Gasteiger charge is -2.61. The number of anilines is 6. The van der Waals surface area contributed by atoms with Gasteiger partial charge in [-0.15, -0.1) is 0 Å². The van der Waals surface area contributed by atoms with Gasteiger partial charge in [0.1, 0.15) is 0 Å². The summed E-state index contributed by atoms with van der Waals surface area (Å²) in [7, 11) is 0. The predicted molar refractivity (Wildman–Crippen MR) is 445 cm³/mol. The van der Waals surface area contributed by atoms with Crippen LogP contribution in [-0.4, -0.2) is 0 Å². The summed E-state index contributed by atoms with van der Waals surface area (Å²) in [5.74, 6) is 7.00. The van der Waals surface area contributed by atoms with Crippen molar-refractivity contribution in [1.29, 1.82) is 0 Å². The number of benzene rings is 16. The van der Waals surface area contributed by atoms with Gasteiger partial charge < -0.3 is 9.80 Å². The highest BCUT2D eigenvalue weighted by Gasteiger charge is 2.63. The molecule has 0 saturated heterocycles. The molecule has 10 aliphatic rings. The van der Waals surface area contributed by atoms with Crippen molar-refractivity contribution >= 4 is 98.8 Å². The van der Waals surface area contributed by atoms with E-state index in [0.29, 0.717) is 0 Å². The van der Waals surface area contributed by atoms with Gasteiger partial charge >= 0.3 is 0 Å². The average molecular weight is 1360 g/mol. The second-order valence-electron chi connectivity index (χ2n) is 33.1. The minimum Gasteiger partial charge on any atom is -0.310 e. The third kappa shape index (κ3) is 9.16. The molecule has 0 aromatic heterocycles. The molecule has 0 N–H and O–H groups in total. The first kappa shape index (κ1) is 61.0. The van der Waals surface area contributed by atoms with E-state index in [1.165, 1.54) is 179 Å². The lowest BCUT2D eigenvalue weighted by Crippen LogP contribution is -2.55. The highest BCUT2D eigenvalue weighted by Crippen LogP contribution is 2.71. The molecular weight excluding hydrogens is 1280 g/mol. The van der Waals surface area contributed by atoms with E-state index in [4.69, 9.17) is 0 Å². The zero-order valence-corrected chi connectivity index (χ0v) is 59.8. The molecule has 508 valence electrons. The Balaban J connectivity index is 0.000000129. The zero-order chi connectivity index (χ0) is 69.3. The summed E-state index contributed by atoms with van der Waals surface area (Å²) in [4.78, 5) is 4.88. The van der Waals surface area contributed by atoms with Crippen molar-refractivity contribution in [1.82, 2.24) is 0 Å². The zero-order valence-electron chi connectivity index (χ0n) is 59.8. The normalized spacial score (nSPS) is 23.5. The maximum absolute atomic E-state index is 2.55. The van der Waals surface area contributed by atoms with E-state index in [1.54, 1.807) is 22.3 Å². The van der Waals surface area contributed by atoms with Crippen LogP contribution in [0.25, 0.3) is 109 Å². The Labute approximate surface area is 621 Å². The summed E-state index contributed by atoms with van der Waals surface area (Å²) < 4.78 is 0. The second-order valence-corrected chi connectivity index (χ2v) is 33.1. The van der Waals surface area contributed by atoms with E-state index >= 15 is 0 Å². The standard InChI is InChI=1S/2C52H41N/c1-2-10-37-30-43(23-19-35(37)9-1)53(51-32-39-11-3-4-12-44(39)45-13-5-6-15-47(45)51)42-21-17-36(18-22-42)38-20-24-50-48(31-38)46-14-7-8-16-49(46)52(50)40-26-33-25-34(28-40)29-41(52)27-33;1-2-9-38-30-44(21-17-35(38)7-1)53(45-22-23-47-40(31-45)14-13-37-8-3-4-10-46(37)47)43-19-15-36(16-20-43)39-18-24-51-49(32-39)48-11-5-6-12-50(48)52(51)41-26-33-25-34(28-41)29-42(52)27-33/h1-24,30-34,40-41H,25-29H2;1-24,30-34,41-42H,25-29H2. The van der Waals surface area contributed by atoms with Gasteiger partial charge in [-0.25, -0.2) is 0 Å². The van der Waals surface area contributed by atoms with Crippen molar-refractivity contribution in [3.63, 3.8) is 0 Å². The van der Waals surface area contributed by atoms with Crippen LogP contribution in [0.5, 0.6) is 0 Å². The number of nitrogens with zero attached hydrogens (tertiary/aromatic N) is 2. The molecule has 10 aliphatic carbocycles. The Morgan fingerprint density at radius 2 is 0.528 bits per heavy atom. The van der Waals surface area contributed by atoms with E-state index in [9.17, 15) is 0 Å². The molecule has 0 radical (unpaired) electrons. The van der Waals surface area contributed by atoms with Crippen LogP contribution >= 0.6 is 0 Å². The maximum atomic E-state index is 2.55. The van der Waals surface area contributed by atoms with Crippen molar-refractivity contribution in [2.24, 2.45) is 47.3 Å². The van der Waals surface area contributed by atoms with Crippen LogP contribution in [0.15, 0.2) is 328 Å². The molecule has 26 rings (SSSR count). The van der Waals surface area contributed by atoms with Crippen molar-refractivity contribution in [2.45, 2.75) is 75.0 Å². The molecule has 8 saturated carbocycles. The Morgan fingerprint density at radius 3 is 1.05 bits per heavy atom. The number of rotatable bonds is 8. The topological polar surface area (TPSA) is 6.48 Å². The quantitative estimate of drug-likeness (QED) is 0.140. The molecule has 16 aromatic carbocycles. The van der Waals surface area contributed by atoms with Gasteiger partial charge in [0.05, 0.1) is 5.69 Å². The number of fused-ring (bicyclic) bond motifs is 14. The molecule has 0 unspecified atom stereocenters. The molecular formula is C104H82N2. The lowest BCUT2D eigenvalue weighted by molar-refractivity contribution is -0.0399. The fourth-order valence-electron chi connectivity index (χ4n) is 24.1. The minimum absolute atomic E-state index is 0.213. The predicted octanol–water partition coefficient (Wildman–Crippen LogP) is 28.0.